The number of rotatable bonds is 10. The normalized spacial score (nSPS) is 12.4. The highest BCUT2D eigenvalue weighted by atomic mass is 35.5. The van der Waals surface area contributed by atoms with E-state index in [2.05, 4.69) is 34.4 Å². The van der Waals surface area contributed by atoms with Crippen LogP contribution in [0.2, 0.25) is 5.28 Å². The average molecular weight is 365 g/mol. The van der Waals surface area contributed by atoms with Crippen LogP contribution < -0.4 is 15.4 Å². The van der Waals surface area contributed by atoms with Crippen molar-refractivity contribution in [3.8, 4) is 5.75 Å². The molecule has 2 aromatic rings. The van der Waals surface area contributed by atoms with Crippen molar-refractivity contribution in [2.24, 2.45) is 0 Å². The van der Waals surface area contributed by atoms with Crippen LogP contribution in [0.15, 0.2) is 12.1 Å². The van der Waals surface area contributed by atoms with E-state index < -0.39 is 0 Å². The largest absolute Gasteiger partial charge is 0.496 e. The van der Waals surface area contributed by atoms with Gasteiger partial charge in [0.05, 0.1) is 12.6 Å². The van der Waals surface area contributed by atoms with Crippen LogP contribution in [0.3, 0.4) is 0 Å². The topological polar surface area (TPSA) is 59.1 Å². The van der Waals surface area contributed by atoms with Crippen molar-refractivity contribution >= 4 is 28.3 Å². The van der Waals surface area contributed by atoms with Gasteiger partial charge in [0.15, 0.2) is 0 Å². The van der Waals surface area contributed by atoms with E-state index in [1.807, 2.05) is 19.1 Å². The number of halogens is 1. The minimum atomic E-state index is 0.263. The number of nitrogens with one attached hydrogen (secondary N) is 2. The lowest BCUT2D eigenvalue weighted by atomic mass is 10.1. The number of benzene rings is 1. The molecule has 0 aliphatic heterocycles. The Morgan fingerprint density at radius 2 is 1.92 bits per heavy atom. The molecule has 1 unspecified atom stereocenters. The van der Waals surface area contributed by atoms with Gasteiger partial charge in [0, 0.05) is 11.4 Å². The first-order chi connectivity index (χ1) is 12.1. The highest BCUT2D eigenvalue weighted by Crippen LogP contribution is 2.30. The summed E-state index contributed by atoms with van der Waals surface area (Å²) in [6.45, 7) is 8.42. The fraction of sp³-hybridized carbons (Fsp3) is 0.579. The van der Waals surface area contributed by atoms with Crippen LogP contribution in [-0.2, 0) is 0 Å². The van der Waals surface area contributed by atoms with Crippen molar-refractivity contribution in [2.45, 2.75) is 52.5 Å². The number of nitrogens with zero attached hydrogens (tertiary/aromatic N) is 2. The van der Waals surface area contributed by atoms with Crippen LogP contribution in [0.1, 0.15) is 45.1 Å². The summed E-state index contributed by atoms with van der Waals surface area (Å²) in [7, 11) is 1.68. The first-order valence-electron chi connectivity index (χ1n) is 9.08. The summed E-state index contributed by atoms with van der Waals surface area (Å²) in [5, 5.41) is 8.25. The first-order valence-corrected chi connectivity index (χ1v) is 9.45. The van der Waals surface area contributed by atoms with E-state index in [1.165, 1.54) is 0 Å². The number of hydrogen-bond acceptors (Lipinski definition) is 5. The van der Waals surface area contributed by atoms with Gasteiger partial charge in [0.2, 0.25) is 5.28 Å². The lowest BCUT2D eigenvalue weighted by Crippen LogP contribution is -2.27. The van der Waals surface area contributed by atoms with E-state index in [0.717, 1.165) is 66.8 Å². The van der Waals surface area contributed by atoms with Gasteiger partial charge in [-0.2, -0.15) is 0 Å². The molecule has 1 heterocycles. The number of aromatic nitrogens is 2. The van der Waals surface area contributed by atoms with Crippen molar-refractivity contribution in [2.75, 3.05) is 25.5 Å². The Morgan fingerprint density at radius 1 is 1.12 bits per heavy atom. The third-order valence-electron chi connectivity index (χ3n) is 4.26. The van der Waals surface area contributed by atoms with E-state index in [9.17, 15) is 0 Å². The Hall–Kier alpha value is -1.59. The van der Waals surface area contributed by atoms with Gasteiger partial charge in [-0.05, 0) is 68.6 Å². The molecule has 0 spiro atoms. The van der Waals surface area contributed by atoms with Crippen LogP contribution >= 0.6 is 11.6 Å². The van der Waals surface area contributed by atoms with E-state index in [1.54, 1.807) is 7.11 Å². The molecule has 0 aliphatic carbocycles. The third kappa shape index (κ3) is 5.44. The van der Waals surface area contributed by atoms with Gasteiger partial charge in [-0.25, -0.2) is 9.97 Å². The van der Waals surface area contributed by atoms with Gasteiger partial charge < -0.3 is 15.4 Å². The Balaban J connectivity index is 2.27. The molecule has 1 aromatic heterocycles. The van der Waals surface area contributed by atoms with Crippen LogP contribution in [0.4, 0.5) is 5.82 Å². The second-order valence-corrected chi connectivity index (χ2v) is 6.69. The zero-order valence-electron chi connectivity index (χ0n) is 15.7. The van der Waals surface area contributed by atoms with Gasteiger partial charge in [0.25, 0.3) is 0 Å². The third-order valence-corrected chi connectivity index (χ3v) is 4.43. The summed E-state index contributed by atoms with van der Waals surface area (Å²) in [6.07, 6.45) is 4.39. The average Bonchev–Trinajstić information content (AvgIpc) is 2.58. The Kier molecular flexibility index (Phi) is 7.72. The van der Waals surface area contributed by atoms with Crippen LogP contribution in [0, 0.1) is 6.92 Å². The maximum absolute atomic E-state index is 6.15. The Labute approximate surface area is 155 Å². The predicted octanol–water partition coefficient (Wildman–Crippen LogP) is 4.57. The maximum Gasteiger partial charge on any atom is 0.224 e. The van der Waals surface area contributed by atoms with E-state index in [4.69, 9.17) is 16.3 Å². The second kappa shape index (κ2) is 9.78. The minimum Gasteiger partial charge on any atom is -0.496 e. The highest BCUT2D eigenvalue weighted by Gasteiger charge is 2.14. The van der Waals surface area contributed by atoms with Crippen LogP contribution in [-0.4, -0.2) is 36.2 Å². The maximum atomic E-state index is 6.15. The van der Waals surface area contributed by atoms with Gasteiger partial charge in [-0.15, -0.1) is 0 Å². The summed E-state index contributed by atoms with van der Waals surface area (Å²) < 4.78 is 5.46. The smallest absolute Gasteiger partial charge is 0.224 e. The minimum absolute atomic E-state index is 0.263. The van der Waals surface area contributed by atoms with E-state index in [-0.39, 0.29) is 5.28 Å². The molecule has 0 radical (unpaired) electrons. The number of fused-ring (bicyclic) bond motifs is 1. The second-order valence-electron chi connectivity index (χ2n) is 6.35. The van der Waals surface area contributed by atoms with E-state index in [0.29, 0.717) is 6.04 Å². The molecule has 1 atom stereocenters. The summed E-state index contributed by atoms with van der Waals surface area (Å²) in [5.41, 5.74) is 1.87. The molecule has 6 heteroatoms. The number of hydrogen-bond donors (Lipinski definition) is 2. The molecule has 25 heavy (non-hydrogen) atoms. The SMILES string of the molecule is CCCNCCC(CCC)Nc1nc(Cl)nc2cc(C)c(OC)cc12. The molecular formula is C19H29ClN4O. The summed E-state index contributed by atoms with van der Waals surface area (Å²) >= 11 is 6.15. The van der Waals surface area contributed by atoms with Crippen LogP contribution in [0.5, 0.6) is 5.75 Å². The molecule has 2 rings (SSSR count). The standard InChI is InChI=1S/C19H29ClN4O/c1-5-7-14(8-10-21-9-6-2)22-18-15-12-17(25-4)13(3)11-16(15)23-19(20)24-18/h11-12,14,21H,5-10H2,1-4H3,(H,22,23,24). The molecule has 0 aliphatic rings. The molecule has 5 nitrogen and oxygen atoms in total. The number of aryl methyl sites for hydroxylation is 1. The molecule has 2 N–H and O–H groups in total. The van der Waals surface area contributed by atoms with Crippen molar-refractivity contribution in [3.63, 3.8) is 0 Å². The molecule has 138 valence electrons. The molecular weight excluding hydrogens is 336 g/mol. The Bertz CT molecular complexity index is 693. The predicted molar refractivity (Wildman–Crippen MR) is 106 cm³/mol. The van der Waals surface area contributed by atoms with Gasteiger partial charge >= 0.3 is 0 Å². The summed E-state index contributed by atoms with van der Waals surface area (Å²) in [5.74, 6) is 1.61. The highest BCUT2D eigenvalue weighted by molar-refractivity contribution is 6.28. The summed E-state index contributed by atoms with van der Waals surface area (Å²) in [6, 6.07) is 4.32. The van der Waals surface area contributed by atoms with Gasteiger partial charge in [-0.1, -0.05) is 20.3 Å². The molecule has 1 aromatic carbocycles. The zero-order valence-corrected chi connectivity index (χ0v) is 16.4. The number of anilines is 1. The fourth-order valence-electron chi connectivity index (χ4n) is 2.97. The molecule has 0 fully saturated rings. The van der Waals surface area contributed by atoms with Crippen molar-refractivity contribution < 1.29 is 4.74 Å². The fourth-order valence-corrected chi connectivity index (χ4v) is 3.15. The monoisotopic (exact) mass is 364 g/mol. The summed E-state index contributed by atoms with van der Waals surface area (Å²) in [4.78, 5) is 8.80. The van der Waals surface area contributed by atoms with Crippen molar-refractivity contribution in [1.82, 2.24) is 15.3 Å². The quantitative estimate of drug-likeness (QED) is 0.477. The van der Waals surface area contributed by atoms with Gasteiger partial charge in [0.1, 0.15) is 11.6 Å². The molecule has 0 saturated carbocycles. The zero-order chi connectivity index (χ0) is 18.2. The number of ether oxygens (including phenoxy) is 1. The van der Waals surface area contributed by atoms with Crippen molar-refractivity contribution in [3.05, 3.63) is 23.0 Å². The first kappa shape index (κ1) is 19.7. The molecule has 0 saturated heterocycles. The molecule has 0 amide bonds. The molecule has 0 bridgehead atoms. The number of methoxy groups -OCH3 is 1. The lowest BCUT2D eigenvalue weighted by Gasteiger charge is -2.20. The van der Waals surface area contributed by atoms with Crippen molar-refractivity contribution in [1.29, 1.82) is 0 Å². The van der Waals surface area contributed by atoms with Gasteiger partial charge in [-0.3, -0.25) is 0 Å². The Morgan fingerprint density at radius 3 is 2.60 bits per heavy atom. The van der Waals surface area contributed by atoms with Crippen LogP contribution in [0.25, 0.3) is 10.9 Å². The lowest BCUT2D eigenvalue weighted by molar-refractivity contribution is 0.412. The van der Waals surface area contributed by atoms with E-state index >= 15 is 0 Å².